The average Bonchev–Trinajstić information content (AvgIpc) is 3.01. The van der Waals surface area contributed by atoms with Crippen LogP contribution in [0.4, 0.5) is 0 Å². The van der Waals surface area contributed by atoms with Crippen LogP contribution in [0.3, 0.4) is 0 Å². The first-order valence-electron chi connectivity index (χ1n) is 10.5. The molecule has 0 aromatic heterocycles. The molecule has 1 rings (SSSR count). The first kappa shape index (κ1) is 22.4. The summed E-state index contributed by atoms with van der Waals surface area (Å²) < 4.78 is 5.66. The van der Waals surface area contributed by atoms with Crippen LogP contribution in [0.2, 0.25) is 0 Å². The lowest BCUT2D eigenvalue weighted by atomic mass is 9.92. The second-order valence-electron chi connectivity index (χ2n) is 8.48. The number of hydrogen-bond donors (Lipinski definition) is 2. The third kappa shape index (κ3) is 10.2. The summed E-state index contributed by atoms with van der Waals surface area (Å²) in [5.74, 6) is 0.403. The van der Waals surface area contributed by atoms with Gasteiger partial charge in [-0.3, -0.25) is 4.79 Å². The van der Waals surface area contributed by atoms with Crippen molar-refractivity contribution in [2.45, 2.75) is 116 Å². The van der Waals surface area contributed by atoms with Crippen LogP contribution in [0.25, 0.3) is 0 Å². The number of esters is 1. The zero-order valence-corrected chi connectivity index (χ0v) is 17.0. The molecule has 2 atom stereocenters. The maximum Gasteiger partial charge on any atom is 0.308 e. The molecule has 1 aliphatic carbocycles. The van der Waals surface area contributed by atoms with Gasteiger partial charge in [-0.2, -0.15) is 0 Å². The maximum atomic E-state index is 12.2. The molecule has 1 fully saturated rings. The molecule has 0 radical (unpaired) electrons. The highest BCUT2D eigenvalue weighted by molar-refractivity contribution is 5.70. The highest BCUT2D eigenvalue weighted by atomic mass is 16.6. The van der Waals surface area contributed by atoms with E-state index in [-0.39, 0.29) is 12.4 Å². The minimum absolute atomic E-state index is 0.0771. The highest BCUT2D eigenvalue weighted by Gasteiger charge is 2.29. The van der Waals surface area contributed by atoms with Gasteiger partial charge in [-0.1, -0.05) is 58.8 Å². The lowest BCUT2D eigenvalue weighted by Crippen LogP contribution is -2.38. The molecule has 0 saturated heterocycles. The molecule has 0 heterocycles. The van der Waals surface area contributed by atoms with Crippen molar-refractivity contribution in [3.8, 4) is 0 Å². The maximum absolute atomic E-state index is 12.2. The third-order valence-corrected chi connectivity index (χ3v) is 5.23. The van der Waals surface area contributed by atoms with Crippen molar-refractivity contribution in [1.29, 1.82) is 0 Å². The fraction of sp³-hybridized carbons (Fsp3) is 0.952. The molecule has 25 heavy (non-hydrogen) atoms. The summed E-state index contributed by atoms with van der Waals surface area (Å²) in [4.78, 5) is 12.2. The van der Waals surface area contributed by atoms with Gasteiger partial charge < -0.3 is 15.2 Å². The minimum Gasteiger partial charge on any atom is -0.460 e. The lowest BCUT2D eigenvalue weighted by Gasteiger charge is -2.28. The molecule has 0 aromatic rings. The number of aliphatic hydroxyl groups is 1. The summed E-state index contributed by atoms with van der Waals surface area (Å²) in [6.45, 7) is 8.83. The Hall–Kier alpha value is -0.610. The Kier molecular flexibility index (Phi) is 10.7. The molecular weight excluding hydrogens is 314 g/mol. The molecule has 4 heteroatoms. The zero-order chi connectivity index (χ0) is 18.7. The van der Waals surface area contributed by atoms with Gasteiger partial charge in [0, 0.05) is 12.6 Å². The smallest absolute Gasteiger partial charge is 0.308 e. The first-order chi connectivity index (χ1) is 11.9. The molecule has 148 valence electrons. The number of nitrogens with one attached hydrogen (secondary N) is 1. The van der Waals surface area contributed by atoms with E-state index in [0.717, 1.165) is 25.7 Å². The fourth-order valence-corrected chi connectivity index (χ4v) is 4.02. The van der Waals surface area contributed by atoms with Gasteiger partial charge in [0.2, 0.25) is 0 Å². The number of ether oxygens (including phenoxy) is 1. The topological polar surface area (TPSA) is 58.6 Å². The SMILES string of the molecule is CCCCC(CCC)NCC(O)CC(=O)OC(C)(C)CC1CCCC1. The van der Waals surface area contributed by atoms with Crippen LogP contribution in [-0.4, -0.2) is 35.4 Å². The third-order valence-electron chi connectivity index (χ3n) is 5.23. The predicted octanol–water partition coefficient (Wildman–Crippen LogP) is 4.59. The first-order valence-corrected chi connectivity index (χ1v) is 10.5. The number of aliphatic hydroxyl groups excluding tert-OH is 1. The van der Waals surface area contributed by atoms with Crippen LogP contribution in [0.1, 0.15) is 98.3 Å². The van der Waals surface area contributed by atoms with Crippen molar-refractivity contribution in [2.24, 2.45) is 5.92 Å². The molecule has 2 N–H and O–H groups in total. The van der Waals surface area contributed by atoms with Gasteiger partial charge in [-0.25, -0.2) is 0 Å². The molecule has 2 unspecified atom stereocenters. The highest BCUT2D eigenvalue weighted by Crippen LogP contribution is 2.33. The standard InChI is InChI=1S/C21H41NO3/c1-5-7-13-18(10-6-2)22-16-19(23)14-20(24)25-21(3,4)15-17-11-8-9-12-17/h17-19,22-23H,5-16H2,1-4H3. The quantitative estimate of drug-likeness (QED) is 0.475. The van der Waals surface area contributed by atoms with Crippen LogP contribution < -0.4 is 5.32 Å². The van der Waals surface area contributed by atoms with Crippen LogP contribution in [0.15, 0.2) is 0 Å². The molecule has 0 spiro atoms. The summed E-state index contributed by atoms with van der Waals surface area (Å²) in [7, 11) is 0. The Morgan fingerprint density at radius 2 is 1.88 bits per heavy atom. The molecule has 0 amide bonds. The Labute approximate surface area is 155 Å². The second-order valence-corrected chi connectivity index (χ2v) is 8.48. The summed E-state index contributed by atoms with van der Waals surface area (Å²) >= 11 is 0. The van der Waals surface area contributed by atoms with Crippen molar-refractivity contribution in [3.05, 3.63) is 0 Å². The second kappa shape index (κ2) is 11.9. The van der Waals surface area contributed by atoms with Crippen LogP contribution in [0, 0.1) is 5.92 Å². The monoisotopic (exact) mass is 355 g/mol. The normalized spacial score (nSPS) is 18.3. The van der Waals surface area contributed by atoms with E-state index >= 15 is 0 Å². The van der Waals surface area contributed by atoms with Gasteiger partial charge in [0.15, 0.2) is 0 Å². The van der Waals surface area contributed by atoms with Gasteiger partial charge in [0.05, 0.1) is 12.5 Å². The van der Waals surface area contributed by atoms with Crippen molar-refractivity contribution >= 4 is 5.97 Å². The summed E-state index contributed by atoms with van der Waals surface area (Å²) in [6.07, 6.45) is 11.2. The lowest BCUT2D eigenvalue weighted by molar-refractivity contribution is -0.160. The Morgan fingerprint density at radius 3 is 2.48 bits per heavy atom. The van der Waals surface area contributed by atoms with E-state index in [1.165, 1.54) is 38.5 Å². The van der Waals surface area contributed by atoms with E-state index in [0.29, 0.717) is 18.5 Å². The average molecular weight is 356 g/mol. The van der Waals surface area contributed by atoms with E-state index in [2.05, 4.69) is 19.2 Å². The van der Waals surface area contributed by atoms with Crippen molar-refractivity contribution in [1.82, 2.24) is 5.32 Å². The van der Waals surface area contributed by atoms with E-state index in [9.17, 15) is 9.90 Å². The molecule has 0 bridgehead atoms. The predicted molar refractivity (Wildman–Crippen MR) is 104 cm³/mol. The Bertz CT molecular complexity index is 364. The van der Waals surface area contributed by atoms with E-state index in [1.807, 2.05) is 13.8 Å². The minimum atomic E-state index is -0.671. The van der Waals surface area contributed by atoms with Crippen LogP contribution in [0.5, 0.6) is 0 Å². The molecule has 4 nitrogen and oxygen atoms in total. The Balaban J connectivity index is 2.29. The summed E-state index contributed by atoms with van der Waals surface area (Å²) in [6, 6.07) is 0.439. The number of unbranched alkanes of at least 4 members (excludes halogenated alkanes) is 1. The number of carbonyl (C=O) groups excluding carboxylic acids is 1. The van der Waals surface area contributed by atoms with E-state index in [1.54, 1.807) is 0 Å². The van der Waals surface area contributed by atoms with Crippen LogP contribution in [-0.2, 0) is 9.53 Å². The molecule has 0 aliphatic heterocycles. The van der Waals surface area contributed by atoms with Gasteiger partial charge >= 0.3 is 5.97 Å². The van der Waals surface area contributed by atoms with Gasteiger partial charge in [0.25, 0.3) is 0 Å². The van der Waals surface area contributed by atoms with Crippen molar-refractivity contribution in [3.63, 3.8) is 0 Å². The number of rotatable bonds is 13. The summed E-state index contributed by atoms with van der Waals surface area (Å²) in [5.41, 5.74) is -0.425. The van der Waals surface area contributed by atoms with E-state index in [4.69, 9.17) is 4.74 Å². The molecular formula is C21H41NO3. The van der Waals surface area contributed by atoms with Gasteiger partial charge in [0.1, 0.15) is 5.60 Å². The molecule has 1 saturated carbocycles. The number of hydrogen-bond acceptors (Lipinski definition) is 4. The van der Waals surface area contributed by atoms with Gasteiger partial charge in [-0.05, 0) is 39.0 Å². The molecule has 1 aliphatic rings. The number of carbonyl (C=O) groups is 1. The van der Waals surface area contributed by atoms with Crippen LogP contribution >= 0.6 is 0 Å². The zero-order valence-electron chi connectivity index (χ0n) is 17.0. The fourth-order valence-electron chi connectivity index (χ4n) is 4.02. The molecule has 0 aromatic carbocycles. The van der Waals surface area contributed by atoms with Crippen molar-refractivity contribution in [2.75, 3.05) is 6.54 Å². The summed E-state index contributed by atoms with van der Waals surface area (Å²) in [5, 5.41) is 13.6. The largest absolute Gasteiger partial charge is 0.460 e. The van der Waals surface area contributed by atoms with Crippen molar-refractivity contribution < 1.29 is 14.6 Å². The Morgan fingerprint density at radius 1 is 1.20 bits per heavy atom. The van der Waals surface area contributed by atoms with E-state index < -0.39 is 11.7 Å². The van der Waals surface area contributed by atoms with Gasteiger partial charge in [-0.15, -0.1) is 0 Å².